The SMILES string of the molecule is Cc1ccc(OCCNC(=O)Nc2ccc(Br)c(C)c2)cc1C. The highest BCUT2D eigenvalue weighted by molar-refractivity contribution is 9.10. The third-order valence-corrected chi connectivity index (χ3v) is 4.44. The number of anilines is 1. The van der Waals surface area contributed by atoms with Gasteiger partial charge in [0, 0.05) is 10.2 Å². The molecular formula is C18H21BrN2O2. The van der Waals surface area contributed by atoms with Crippen LogP contribution in [-0.2, 0) is 0 Å². The Hall–Kier alpha value is -2.01. The van der Waals surface area contributed by atoms with Crippen molar-refractivity contribution in [2.75, 3.05) is 18.5 Å². The predicted octanol–water partition coefficient (Wildman–Crippen LogP) is 4.57. The molecule has 0 heterocycles. The van der Waals surface area contributed by atoms with E-state index < -0.39 is 0 Å². The first-order chi connectivity index (χ1) is 11.0. The Labute approximate surface area is 145 Å². The number of rotatable bonds is 5. The van der Waals surface area contributed by atoms with Crippen LogP contribution < -0.4 is 15.4 Å². The minimum Gasteiger partial charge on any atom is -0.492 e. The maximum absolute atomic E-state index is 11.8. The highest BCUT2D eigenvalue weighted by Crippen LogP contribution is 2.20. The quantitative estimate of drug-likeness (QED) is 0.750. The van der Waals surface area contributed by atoms with Gasteiger partial charge in [0.2, 0.25) is 0 Å². The fourth-order valence-corrected chi connectivity index (χ4v) is 2.28. The van der Waals surface area contributed by atoms with Crippen LogP contribution in [0.4, 0.5) is 10.5 Å². The van der Waals surface area contributed by atoms with Gasteiger partial charge in [-0.1, -0.05) is 22.0 Å². The van der Waals surface area contributed by atoms with E-state index in [0.29, 0.717) is 13.2 Å². The summed E-state index contributed by atoms with van der Waals surface area (Å²) in [5.74, 6) is 0.818. The second kappa shape index (κ2) is 8.02. The molecule has 0 saturated heterocycles. The number of nitrogens with one attached hydrogen (secondary N) is 2. The van der Waals surface area contributed by atoms with Gasteiger partial charge in [0.1, 0.15) is 12.4 Å². The number of benzene rings is 2. The summed E-state index contributed by atoms with van der Waals surface area (Å²) in [4.78, 5) is 11.8. The largest absolute Gasteiger partial charge is 0.492 e. The molecule has 5 heteroatoms. The fraction of sp³-hybridized carbons (Fsp3) is 0.278. The molecule has 0 unspecified atom stereocenters. The maximum atomic E-state index is 11.8. The average Bonchev–Trinajstić information content (AvgIpc) is 2.51. The van der Waals surface area contributed by atoms with Crippen LogP contribution in [0.25, 0.3) is 0 Å². The summed E-state index contributed by atoms with van der Waals surface area (Å²) in [5, 5.41) is 5.57. The van der Waals surface area contributed by atoms with Gasteiger partial charge in [0.05, 0.1) is 6.54 Å². The third kappa shape index (κ3) is 5.28. The highest BCUT2D eigenvalue weighted by atomic mass is 79.9. The van der Waals surface area contributed by atoms with Gasteiger partial charge in [-0.2, -0.15) is 0 Å². The van der Waals surface area contributed by atoms with Crippen LogP contribution in [-0.4, -0.2) is 19.2 Å². The van der Waals surface area contributed by atoms with Crippen LogP contribution in [0.2, 0.25) is 0 Å². The van der Waals surface area contributed by atoms with Crippen LogP contribution in [0, 0.1) is 20.8 Å². The lowest BCUT2D eigenvalue weighted by molar-refractivity contribution is 0.247. The van der Waals surface area contributed by atoms with E-state index >= 15 is 0 Å². The van der Waals surface area contributed by atoms with Gasteiger partial charge in [-0.05, 0) is 67.8 Å². The van der Waals surface area contributed by atoms with E-state index in [1.165, 1.54) is 11.1 Å². The van der Waals surface area contributed by atoms with Crippen LogP contribution in [0.3, 0.4) is 0 Å². The molecular weight excluding hydrogens is 356 g/mol. The van der Waals surface area contributed by atoms with Crippen LogP contribution in [0.5, 0.6) is 5.75 Å². The summed E-state index contributed by atoms with van der Waals surface area (Å²) < 4.78 is 6.65. The molecule has 0 spiro atoms. The molecule has 0 aliphatic rings. The lowest BCUT2D eigenvalue weighted by atomic mass is 10.1. The molecule has 2 N–H and O–H groups in total. The second-order valence-electron chi connectivity index (χ2n) is 5.44. The fourth-order valence-electron chi connectivity index (χ4n) is 2.03. The van der Waals surface area contributed by atoms with Crippen molar-refractivity contribution >= 4 is 27.6 Å². The lowest BCUT2D eigenvalue weighted by Gasteiger charge is -2.11. The molecule has 0 atom stereocenters. The van der Waals surface area contributed by atoms with Crippen molar-refractivity contribution in [1.82, 2.24) is 5.32 Å². The van der Waals surface area contributed by atoms with E-state index in [0.717, 1.165) is 21.5 Å². The zero-order chi connectivity index (χ0) is 16.8. The summed E-state index contributed by atoms with van der Waals surface area (Å²) >= 11 is 3.43. The van der Waals surface area contributed by atoms with Gasteiger partial charge in [-0.15, -0.1) is 0 Å². The standard InChI is InChI=1S/C18H21BrN2O2/c1-12-4-6-16(11-13(12)2)23-9-8-20-18(22)21-15-5-7-17(19)14(3)10-15/h4-7,10-11H,8-9H2,1-3H3,(H2,20,21,22). The normalized spacial score (nSPS) is 10.3. The summed E-state index contributed by atoms with van der Waals surface area (Å²) in [5.41, 5.74) is 4.26. The zero-order valence-corrected chi connectivity index (χ0v) is 15.2. The Morgan fingerprint density at radius 2 is 1.83 bits per heavy atom. The van der Waals surface area contributed by atoms with E-state index in [1.807, 2.05) is 50.2 Å². The number of carbonyl (C=O) groups excluding carboxylic acids is 1. The number of urea groups is 1. The van der Waals surface area contributed by atoms with Crippen molar-refractivity contribution in [1.29, 1.82) is 0 Å². The van der Waals surface area contributed by atoms with Crippen LogP contribution in [0.15, 0.2) is 40.9 Å². The Balaban J connectivity index is 1.74. The third-order valence-electron chi connectivity index (χ3n) is 3.55. The van der Waals surface area contributed by atoms with E-state index in [1.54, 1.807) is 0 Å². The first kappa shape index (κ1) is 17.3. The van der Waals surface area contributed by atoms with Crippen molar-refractivity contribution in [3.05, 3.63) is 57.6 Å². The van der Waals surface area contributed by atoms with Gasteiger partial charge >= 0.3 is 6.03 Å². The molecule has 0 fully saturated rings. The molecule has 0 radical (unpaired) electrons. The van der Waals surface area contributed by atoms with Gasteiger partial charge in [0.25, 0.3) is 0 Å². The Bertz CT molecular complexity index is 701. The number of aryl methyl sites for hydroxylation is 3. The maximum Gasteiger partial charge on any atom is 0.319 e. The van der Waals surface area contributed by atoms with Crippen LogP contribution in [0.1, 0.15) is 16.7 Å². The smallest absolute Gasteiger partial charge is 0.319 e. The van der Waals surface area contributed by atoms with E-state index in [-0.39, 0.29) is 6.03 Å². The number of carbonyl (C=O) groups is 1. The topological polar surface area (TPSA) is 50.4 Å². The van der Waals surface area contributed by atoms with Crippen molar-refractivity contribution in [3.63, 3.8) is 0 Å². The van der Waals surface area contributed by atoms with Gasteiger partial charge in [-0.3, -0.25) is 0 Å². The predicted molar refractivity (Wildman–Crippen MR) is 97.3 cm³/mol. The number of amides is 2. The van der Waals surface area contributed by atoms with E-state index in [4.69, 9.17) is 4.74 Å². The Kier molecular flexibility index (Phi) is 6.04. The van der Waals surface area contributed by atoms with Crippen molar-refractivity contribution in [3.8, 4) is 5.75 Å². The molecule has 0 bridgehead atoms. The highest BCUT2D eigenvalue weighted by Gasteiger charge is 2.03. The molecule has 2 aromatic carbocycles. The molecule has 2 aromatic rings. The summed E-state index contributed by atoms with van der Waals surface area (Å²) in [7, 11) is 0. The minimum atomic E-state index is -0.240. The van der Waals surface area contributed by atoms with E-state index in [9.17, 15) is 4.79 Å². The zero-order valence-electron chi connectivity index (χ0n) is 13.6. The van der Waals surface area contributed by atoms with Crippen molar-refractivity contribution in [2.45, 2.75) is 20.8 Å². The van der Waals surface area contributed by atoms with Gasteiger partial charge in [0.15, 0.2) is 0 Å². The van der Waals surface area contributed by atoms with Crippen LogP contribution >= 0.6 is 15.9 Å². The number of hydrogen-bond acceptors (Lipinski definition) is 2. The monoisotopic (exact) mass is 376 g/mol. The second-order valence-corrected chi connectivity index (χ2v) is 6.29. The summed E-state index contributed by atoms with van der Waals surface area (Å²) in [6.45, 7) is 6.96. The lowest BCUT2D eigenvalue weighted by Crippen LogP contribution is -2.32. The number of halogens is 1. The Morgan fingerprint density at radius 1 is 1.04 bits per heavy atom. The molecule has 0 aliphatic heterocycles. The average molecular weight is 377 g/mol. The molecule has 4 nitrogen and oxygen atoms in total. The Morgan fingerprint density at radius 3 is 2.52 bits per heavy atom. The molecule has 23 heavy (non-hydrogen) atoms. The summed E-state index contributed by atoms with van der Waals surface area (Å²) in [6, 6.07) is 11.4. The minimum absolute atomic E-state index is 0.240. The molecule has 0 aromatic heterocycles. The van der Waals surface area contributed by atoms with Gasteiger partial charge in [-0.25, -0.2) is 4.79 Å². The first-order valence-corrected chi connectivity index (χ1v) is 8.26. The molecule has 0 aliphatic carbocycles. The van der Waals surface area contributed by atoms with E-state index in [2.05, 4.69) is 33.5 Å². The number of ether oxygens (including phenoxy) is 1. The molecule has 2 rings (SSSR count). The molecule has 0 saturated carbocycles. The van der Waals surface area contributed by atoms with Gasteiger partial charge < -0.3 is 15.4 Å². The summed E-state index contributed by atoms with van der Waals surface area (Å²) in [6.07, 6.45) is 0. The first-order valence-electron chi connectivity index (χ1n) is 7.47. The molecule has 122 valence electrons. The number of hydrogen-bond donors (Lipinski definition) is 2. The van der Waals surface area contributed by atoms with Crippen molar-refractivity contribution in [2.24, 2.45) is 0 Å². The van der Waals surface area contributed by atoms with Crippen molar-refractivity contribution < 1.29 is 9.53 Å². The molecule has 2 amide bonds.